The molecule has 0 aliphatic carbocycles. The first-order chi connectivity index (χ1) is 15.6. The topological polar surface area (TPSA) is 83.8 Å². The molecule has 0 bridgehead atoms. The second-order valence-electron chi connectivity index (χ2n) is 7.67. The third-order valence-electron chi connectivity index (χ3n) is 5.59. The molecule has 0 atom stereocenters. The van der Waals surface area contributed by atoms with E-state index in [2.05, 4.69) is 10.3 Å². The molecular formula is C26H21ClN4O. The molecule has 158 valence electrons. The van der Waals surface area contributed by atoms with Crippen molar-refractivity contribution in [2.24, 2.45) is 5.73 Å². The number of hydrogen-bond donors (Lipinski definition) is 3. The molecule has 2 aromatic heterocycles. The van der Waals surface area contributed by atoms with Crippen LogP contribution in [0.25, 0.3) is 33.1 Å². The van der Waals surface area contributed by atoms with Crippen molar-refractivity contribution in [1.29, 1.82) is 0 Å². The summed E-state index contributed by atoms with van der Waals surface area (Å²) < 4.78 is 0. The highest BCUT2D eigenvalue weighted by atomic mass is 35.5. The Morgan fingerprint density at radius 3 is 2.56 bits per heavy atom. The van der Waals surface area contributed by atoms with Gasteiger partial charge in [0.2, 0.25) is 0 Å². The largest absolute Gasteiger partial charge is 0.360 e. The number of rotatable bonds is 5. The quantitative estimate of drug-likeness (QED) is 0.341. The van der Waals surface area contributed by atoms with Crippen molar-refractivity contribution in [1.82, 2.24) is 15.3 Å². The molecule has 0 aliphatic heterocycles. The van der Waals surface area contributed by atoms with Crippen molar-refractivity contribution in [3.63, 3.8) is 0 Å². The first-order valence-corrected chi connectivity index (χ1v) is 10.7. The van der Waals surface area contributed by atoms with Gasteiger partial charge in [0.25, 0.3) is 5.91 Å². The van der Waals surface area contributed by atoms with Crippen molar-refractivity contribution in [2.45, 2.75) is 13.1 Å². The Balaban J connectivity index is 1.52. The van der Waals surface area contributed by atoms with E-state index < -0.39 is 0 Å². The van der Waals surface area contributed by atoms with Crippen LogP contribution in [0, 0.1) is 0 Å². The SMILES string of the molecule is NCc1ccc(CNC(=O)c2cc(-c3c[nH]c4cc(Cl)ccc34)nc3ccccc23)cc1. The van der Waals surface area contributed by atoms with Crippen LogP contribution in [0.5, 0.6) is 0 Å². The van der Waals surface area contributed by atoms with Gasteiger partial charge in [-0.1, -0.05) is 60.1 Å². The van der Waals surface area contributed by atoms with Crippen molar-refractivity contribution in [3.05, 3.63) is 101 Å². The van der Waals surface area contributed by atoms with Crippen LogP contribution in [-0.4, -0.2) is 15.9 Å². The van der Waals surface area contributed by atoms with E-state index in [1.165, 1.54) is 0 Å². The van der Waals surface area contributed by atoms with Crippen molar-refractivity contribution in [3.8, 4) is 11.3 Å². The number of nitrogens with two attached hydrogens (primary N) is 1. The predicted molar refractivity (Wildman–Crippen MR) is 130 cm³/mol. The third-order valence-corrected chi connectivity index (χ3v) is 5.83. The molecule has 5 aromatic rings. The van der Waals surface area contributed by atoms with Crippen LogP contribution in [0.3, 0.4) is 0 Å². The smallest absolute Gasteiger partial charge is 0.252 e. The van der Waals surface area contributed by atoms with Crippen LogP contribution >= 0.6 is 11.6 Å². The van der Waals surface area contributed by atoms with Crippen LogP contribution < -0.4 is 11.1 Å². The van der Waals surface area contributed by atoms with Crippen LogP contribution in [0.4, 0.5) is 0 Å². The average Bonchev–Trinajstić information content (AvgIpc) is 3.25. The molecule has 6 heteroatoms. The lowest BCUT2D eigenvalue weighted by atomic mass is 10.0. The minimum absolute atomic E-state index is 0.143. The van der Waals surface area contributed by atoms with Gasteiger partial charge in [0, 0.05) is 46.2 Å². The van der Waals surface area contributed by atoms with Crippen LogP contribution in [0.2, 0.25) is 5.02 Å². The molecule has 0 unspecified atom stereocenters. The van der Waals surface area contributed by atoms with E-state index in [0.717, 1.165) is 44.2 Å². The molecule has 2 heterocycles. The van der Waals surface area contributed by atoms with E-state index in [0.29, 0.717) is 23.7 Å². The Morgan fingerprint density at radius 1 is 0.969 bits per heavy atom. The van der Waals surface area contributed by atoms with E-state index >= 15 is 0 Å². The molecule has 4 N–H and O–H groups in total. The van der Waals surface area contributed by atoms with Crippen molar-refractivity contribution >= 4 is 39.3 Å². The Labute approximate surface area is 190 Å². The number of pyridine rings is 1. The van der Waals surface area contributed by atoms with Crippen LogP contribution in [0.1, 0.15) is 21.5 Å². The molecule has 0 saturated heterocycles. The highest BCUT2D eigenvalue weighted by Gasteiger charge is 2.16. The highest BCUT2D eigenvalue weighted by Crippen LogP contribution is 2.31. The lowest BCUT2D eigenvalue weighted by Gasteiger charge is -2.11. The number of carbonyl (C=O) groups excluding carboxylic acids is 1. The van der Waals surface area contributed by atoms with Gasteiger partial charge in [0.05, 0.1) is 16.8 Å². The third kappa shape index (κ3) is 3.84. The summed E-state index contributed by atoms with van der Waals surface area (Å²) >= 11 is 6.13. The summed E-state index contributed by atoms with van der Waals surface area (Å²) in [7, 11) is 0. The molecule has 0 aliphatic rings. The predicted octanol–water partition coefficient (Wildman–Crippen LogP) is 5.43. The standard InChI is InChI=1S/C26H21ClN4O/c27-18-9-10-20-22(15-29-24(20)11-18)25-12-21(19-3-1-2-4-23(19)31-25)26(32)30-14-17-7-5-16(13-28)6-8-17/h1-12,15,29H,13-14,28H2,(H,30,32). The summed E-state index contributed by atoms with van der Waals surface area (Å²) in [6.07, 6.45) is 1.90. The highest BCUT2D eigenvalue weighted by molar-refractivity contribution is 6.31. The fourth-order valence-electron chi connectivity index (χ4n) is 3.88. The van der Waals surface area contributed by atoms with Gasteiger partial charge in [-0.2, -0.15) is 0 Å². The van der Waals surface area contributed by atoms with Crippen LogP contribution in [0.15, 0.2) is 79.0 Å². The molecule has 32 heavy (non-hydrogen) atoms. The zero-order valence-electron chi connectivity index (χ0n) is 17.2. The van der Waals surface area contributed by atoms with E-state index in [9.17, 15) is 4.79 Å². The number of nitrogens with one attached hydrogen (secondary N) is 2. The molecule has 0 spiro atoms. The molecule has 0 fully saturated rings. The first-order valence-electron chi connectivity index (χ1n) is 10.4. The first kappa shape index (κ1) is 20.2. The molecule has 0 radical (unpaired) electrons. The fourth-order valence-corrected chi connectivity index (χ4v) is 4.05. The number of H-pyrrole nitrogens is 1. The van der Waals surface area contributed by atoms with Crippen molar-refractivity contribution < 1.29 is 4.79 Å². The maximum atomic E-state index is 13.2. The number of nitrogens with zero attached hydrogens (tertiary/aromatic N) is 1. The van der Waals surface area contributed by atoms with Crippen LogP contribution in [-0.2, 0) is 13.1 Å². The minimum Gasteiger partial charge on any atom is -0.360 e. The molecule has 5 rings (SSSR count). The number of aromatic nitrogens is 2. The summed E-state index contributed by atoms with van der Waals surface area (Å²) in [6, 6.07) is 23.2. The molecule has 3 aromatic carbocycles. The number of amides is 1. The summed E-state index contributed by atoms with van der Waals surface area (Å²) in [5, 5.41) is 5.52. The number of halogens is 1. The maximum absolute atomic E-state index is 13.2. The summed E-state index contributed by atoms with van der Waals surface area (Å²) in [5.74, 6) is -0.143. The number of aromatic amines is 1. The summed E-state index contributed by atoms with van der Waals surface area (Å²) in [5.41, 5.74) is 11.7. The van der Waals surface area contributed by atoms with Gasteiger partial charge in [-0.25, -0.2) is 4.98 Å². The van der Waals surface area contributed by atoms with E-state index in [4.69, 9.17) is 22.3 Å². The second kappa shape index (κ2) is 8.46. The second-order valence-corrected chi connectivity index (χ2v) is 8.10. The number of para-hydroxylation sites is 1. The lowest BCUT2D eigenvalue weighted by molar-refractivity contribution is 0.0952. The lowest BCUT2D eigenvalue weighted by Crippen LogP contribution is -2.23. The zero-order valence-corrected chi connectivity index (χ0v) is 18.0. The fraction of sp³-hybridized carbons (Fsp3) is 0.0769. The number of hydrogen-bond acceptors (Lipinski definition) is 3. The van der Waals surface area contributed by atoms with Gasteiger partial charge in [-0.05, 0) is 35.4 Å². The van der Waals surface area contributed by atoms with Gasteiger partial charge < -0.3 is 16.0 Å². The molecule has 0 saturated carbocycles. The zero-order chi connectivity index (χ0) is 22.1. The van der Waals surface area contributed by atoms with Gasteiger partial charge in [0.15, 0.2) is 0 Å². The van der Waals surface area contributed by atoms with Gasteiger partial charge >= 0.3 is 0 Å². The Morgan fingerprint density at radius 2 is 1.75 bits per heavy atom. The number of carbonyl (C=O) groups is 1. The maximum Gasteiger partial charge on any atom is 0.252 e. The average molecular weight is 441 g/mol. The van der Waals surface area contributed by atoms with Gasteiger partial charge in [0.1, 0.15) is 0 Å². The van der Waals surface area contributed by atoms with Gasteiger partial charge in [-0.15, -0.1) is 0 Å². The van der Waals surface area contributed by atoms with E-state index in [-0.39, 0.29) is 5.91 Å². The van der Waals surface area contributed by atoms with E-state index in [1.807, 2.05) is 79.0 Å². The molecular weight excluding hydrogens is 420 g/mol. The number of benzene rings is 3. The Kier molecular flexibility index (Phi) is 5.35. The normalized spacial score (nSPS) is 11.2. The summed E-state index contributed by atoms with van der Waals surface area (Å²) in [6.45, 7) is 0.930. The minimum atomic E-state index is -0.143. The van der Waals surface area contributed by atoms with Gasteiger partial charge in [-0.3, -0.25) is 4.79 Å². The van der Waals surface area contributed by atoms with Crippen molar-refractivity contribution in [2.75, 3.05) is 0 Å². The van der Waals surface area contributed by atoms with E-state index in [1.54, 1.807) is 0 Å². The summed E-state index contributed by atoms with van der Waals surface area (Å²) in [4.78, 5) is 21.3. The number of fused-ring (bicyclic) bond motifs is 2. The molecule has 5 nitrogen and oxygen atoms in total. The Bertz CT molecular complexity index is 1440. The molecule has 1 amide bonds. The monoisotopic (exact) mass is 440 g/mol. The Hall–Kier alpha value is -3.67.